The highest BCUT2D eigenvalue weighted by Crippen LogP contribution is 2.43. The summed E-state index contributed by atoms with van der Waals surface area (Å²) in [6.45, 7) is 2.81. The summed E-state index contributed by atoms with van der Waals surface area (Å²) in [5, 5.41) is 44.5. The van der Waals surface area contributed by atoms with Crippen molar-refractivity contribution in [1.29, 1.82) is 10.7 Å². The fourth-order valence-corrected chi connectivity index (χ4v) is 4.06. The van der Waals surface area contributed by atoms with E-state index in [1.165, 1.54) is 12.1 Å². The number of phenols is 1. The largest absolute Gasteiger partial charge is 0.507 e. The van der Waals surface area contributed by atoms with E-state index in [4.69, 9.17) is 10.7 Å². The van der Waals surface area contributed by atoms with Gasteiger partial charge in [0.15, 0.2) is 0 Å². The summed E-state index contributed by atoms with van der Waals surface area (Å²) in [5.74, 6) is -4.66. The fraction of sp³-hybridized carbons (Fsp3) is 0.172. The number of amides is 3. The minimum Gasteiger partial charge on any atom is -0.507 e. The highest BCUT2D eigenvalue weighted by molar-refractivity contribution is 6.48. The molecule has 0 radical (unpaired) electrons. The Morgan fingerprint density at radius 2 is 1.63 bits per heavy atom. The number of aromatic hydroxyl groups is 1. The lowest BCUT2D eigenvalue weighted by Crippen LogP contribution is -2.24. The maximum atomic E-state index is 14.1. The number of nitrogens with zero attached hydrogens (tertiary/aromatic N) is 1. The van der Waals surface area contributed by atoms with Crippen LogP contribution in [0.4, 0.5) is 30.2 Å². The molecule has 11 nitrogen and oxygen atoms in total. The molecule has 0 saturated carbocycles. The Kier molecular flexibility index (Phi) is 9.51. The number of benzene rings is 3. The summed E-state index contributed by atoms with van der Waals surface area (Å²) in [6.07, 6.45) is -4.56. The molecule has 14 heteroatoms. The SMILES string of the molecule is CCCC(=O)Nc1cc(C(=N)C(=O)Nc2ccc(C#N)cc2C(=O)O)c(O)cc1-c1ccc(NC(C)=O)cc1C(F)(F)F. The summed E-state index contributed by atoms with van der Waals surface area (Å²) in [6, 6.07) is 9.86. The average molecular weight is 596 g/mol. The molecule has 0 aliphatic rings. The van der Waals surface area contributed by atoms with Crippen LogP contribution < -0.4 is 16.0 Å². The number of aromatic carboxylic acids is 1. The molecule has 0 unspecified atom stereocenters. The topological polar surface area (TPSA) is 192 Å². The molecule has 3 amide bonds. The van der Waals surface area contributed by atoms with Gasteiger partial charge in [0, 0.05) is 35.8 Å². The molecule has 0 aliphatic heterocycles. The van der Waals surface area contributed by atoms with Crippen molar-refractivity contribution in [3.63, 3.8) is 0 Å². The van der Waals surface area contributed by atoms with Crippen molar-refractivity contribution in [1.82, 2.24) is 0 Å². The van der Waals surface area contributed by atoms with E-state index in [-0.39, 0.29) is 34.6 Å². The quantitative estimate of drug-likeness (QED) is 0.142. The molecular formula is C29H24F3N5O6. The summed E-state index contributed by atoms with van der Waals surface area (Å²) in [4.78, 5) is 48.4. The van der Waals surface area contributed by atoms with Crippen molar-refractivity contribution in [2.24, 2.45) is 0 Å². The monoisotopic (exact) mass is 595 g/mol. The maximum absolute atomic E-state index is 14.1. The number of nitriles is 1. The second-order valence-corrected chi connectivity index (χ2v) is 9.16. The lowest BCUT2D eigenvalue weighted by atomic mass is 9.94. The summed E-state index contributed by atoms with van der Waals surface area (Å²) in [5.41, 5.74) is -4.49. The first-order valence-electron chi connectivity index (χ1n) is 12.5. The van der Waals surface area contributed by atoms with E-state index in [0.717, 1.165) is 37.3 Å². The third kappa shape index (κ3) is 7.53. The molecule has 222 valence electrons. The minimum atomic E-state index is -4.93. The number of phenolic OH excluding ortho intramolecular Hbond substituents is 1. The maximum Gasteiger partial charge on any atom is 0.417 e. The zero-order chi connectivity index (χ0) is 32.1. The molecule has 3 aromatic rings. The molecule has 0 bridgehead atoms. The van der Waals surface area contributed by atoms with E-state index in [2.05, 4.69) is 16.0 Å². The normalized spacial score (nSPS) is 10.8. The third-order valence-corrected chi connectivity index (χ3v) is 5.95. The Morgan fingerprint density at radius 1 is 0.930 bits per heavy atom. The van der Waals surface area contributed by atoms with Gasteiger partial charge in [-0.25, -0.2) is 4.79 Å². The standard InChI is InChI=1S/C29H24F3N5O6/c1-3-4-25(40)36-23-11-20(26(34)27(41)37-22-8-5-15(13-33)9-19(22)28(42)43)24(39)12-18(23)17-7-6-16(35-14(2)38)10-21(17)29(30,31)32/h5-12,34,39H,3-4H2,1-2H3,(H,35,38)(H,36,40)(H,37,41)(H,42,43). The molecule has 6 N–H and O–H groups in total. The molecule has 0 fully saturated rings. The number of hydrogen-bond acceptors (Lipinski definition) is 7. The van der Waals surface area contributed by atoms with Gasteiger partial charge in [-0.05, 0) is 54.4 Å². The van der Waals surface area contributed by atoms with Gasteiger partial charge in [0.05, 0.1) is 28.4 Å². The highest BCUT2D eigenvalue weighted by atomic mass is 19.4. The van der Waals surface area contributed by atoms with Crippen LogP contribution >= 0.6 is 0 Å². The minimum absolute atomic E-state index is 0.00509. The third-order valence-electron chi connectivity index (χ3n) is 5.95. The fourth-order valence-electron chi connectivity index (χ4n) is 4.06. The van der Waals surface area contributed by atoms with Crippen molar-refractivity contribution in [3.8, 4) is 22.9 Å². The average Bonchev–Trinajstić information content (AvgIpc) is 2.92. The number of carbonyl (C=O) groups is 4. The number of anilines is 3. The molecule has 0 saturated heterocycles. The lowest BCUT2D eigenvalue weighted by molar-refractivity contribution is -0.137. The number of alkyl halides is 3. The molecule has 3 rings (SSSR count). The van der Waals surface area contributed by atoms with Crippen LogP contribution in [0.3, 0.4) is 0 Å². The van der Waals surface area contributed by atoms with Crippen molar-refractivity contribution in [2.45, 2.75) is 32.9 Å². The molecule has 0 aromatic heterocycles. The van der Waals surface area contributed by atoms with Crippen LogP contribution in [-0.4, -0.2) is 39.6 Å². The van der Waals surface area contributed by atoms with Gasteiger partial charge in [-0.15, -0.1) is 0 Å². The van der Waals surface area contributed by atoms with Crippen LogP contribution in [0.25, 0.3) is 11.1 Å². The van der Waals surface area contributed by atoms with Gasteiger partial charge < -0.3 is 26.2 Å². The predicted molar refractivity (Wildman–Crippen MR) is 150 cm³/mol. The highest BCUT2D eigenvalue weighted by Gasteiger charge is 2.35. The first-order valence-corrected chi connectivity index (χ1v) is 12.5. The summed E-state index contributed by atoms with van der Waals surface area (Å²) >= 11 is 0. The van der Waals surface area contributed by atoms with Gasteiger partial charge in [0.25, 0.3) is 5.91 Å². The Hall–Kier alpha value is -5.71. The van der Waals surface area contributed by atoms with E-state index < -0.39 is 63.6 Å². The first kappa shape index (κ1) is 31.8. The Balaban J connectivity index is 2.13. The number of halogens is 3. The summed E-state index contributed by atoms with van der Waals surface area (Å²) in [7, 11) is 0. The second-order valence-electron chi connectivity index (χ2n) is 9.16. The van der Waals surface area contributed by atoms with Crippen molar-refractivity contribution in [2.75, 3.05) is 16.0 Å². The molecule has 43 heavy (non-hydrogen) atoms. The number of carbonyl (C=O) groups excluding carboxylic acids is 3. The van der Waals surface area contributed by atoms with Crippen molar-refractivity contribution >= 4 is 46.5 Å². The van der Waals surface area contributed by atoms with E-state index in [0.29, 0.717) is 12.5 Å². The smallest absolute Gasteiger partial charge is 0.417 e. The van der Waals surface area contributed by atoms with Crippen LogP contribution in [0.1, 0.15) is 53.7 Å². The molecule has 0 heterocycles. The molecular weight excluding hydrogens is 571 g/mol. The van der Waals surface area contributed by atoms with Crippen LogP contribution in [0, 0.1) is 16.7 Å². The van der Waals surface area contributed by atoms with Crippen molar-refractivity contribution < 1.29 is 42.6 Å². The predicted octanol–water partition coefficient (Wildman–Crippen LogP) is 5.35. The Labute approximate surface area is 242 Å². The number of rotatable bonds is 9. The Bertz CT molecular complexity index is 1700. The van der Waals surface area contributed by atoms with Gasteiger partial charge in [-0.2, -0.15) is 18.4 Å². The first-order chi connectivity index (χ1) is 20.2. The van der Waals surface area contributed by atoms with Crippen LogP contribution in [0.15, 0.2) is 48.5 Å². The van der Waals surface area contributed by atoms with Gasteiger partial charge in [-0.3, -0.25) is 19.8 Å². The number of hydrogen-bond donors (Lipinski definition) is 6. The molecule has 0 atom stereocenters. The second kappa shape index (κ2) is 12.9. The van der Waals surface area contributed by atoms with Gasteiger partial charge in [-0.1, -0.05) is 13.0 Å². The molecule has 3 aromatic carbocycles. The van der Waals surface area contributed by atoms with E-state index in [9.17, 15) is 42.6 Å². The van der Waals surface area contributed by atoms with Gasteiger partial charge >= 0.3 is 12.1 Å². The van der Waals surface area contributed by atoms with Crippen LogP contribution in [-0.2, 0) is 20.6 Å². The number of carboxylic acids is 1. The van der Waals surface area contributed by atoms with E-state index in [1.54, 1.807) is 13.0 Å². The zero-order valence-corrected chi connectivity index (χ0v) is 22.6. The van der Waals surface area contributed by atoms with Crippen LogP contribution in [0.5, 0.6) is 5.75 Å². The van der Waals surface area contributed by atoms with Gasteiger partial charge in [0.1, 0.15) is 11.5 Å². The Morgan fingerprint density at radius 3 is 2.21 bits per heavy atom. The van der Waals surface area contributed by atoms with Crippen LogP contribution in [0.2, 0.25) is 0 Å². The van der Waals surface area contributed by atoms with Gasteiger partial charge in [0.2, 0.25) is 11.8 Å². The zero-order valence-electron chi connectivity index (χ0n) is 22.6. The lowest BCUT2D eigenvalue weighted by Gasteiger charge is -2.20. The van der Waals surface area contributed by atoms with E-state index >= 15 is 0 Å². The summed E-state index contributed by atoms with van der Waals surface area (Å²) < 4.78 is 42.3. The van der Waals surface area contributed by atoms with Crippen molar-refractivity contribution in [3.05, 3.63) is 70.8 Å². The molecule has 0 aliphatic carbocycles. The van der Waals surface area contributed by atoms with E-state index in [1.807, 2.05) is 0 Å². The molecule has 0 spiro atoms. The number of carboxylic acid groups (broad SMARTS) is 1. The number of nitrogens with one attached hydrogen (secondary N) is 4.